The first-order chi connectivity index (χ1) is 69.8. The molecule has 3 amide bonds. The van der Waals surface area contributed by atoms with Crippen molar-refractivity contribution in [1.29, 1.82) is 10.5 Å². The van der Waals surface area contributed by atoms with E-state index in [2.05, 4.69) is 104 Å². The average molecular weight is 1940 g/mol. The molecule has 25 rings (SSSR count). The minimum atomic E-state index is -0.365. The van der Waals surface area contributed by atoms with Crippen molar-refractivity contribution in [2.24, 2.45) is 28.7 Å². The second-order valence-corrected chi connectivity index (χ2v) is 38.0. The molecule has 37 heteroatoms. The standard InChI is InChI=1S/C23H25FN6O.C22H23FN6O.C21H21FN6O.C21H20N6.C20H17FN6/c1-13(2)27-23(31)17-11-16-19(29-9-3-4-15(25)12-29)7-8-26-21(16)30-20-10-14(24)5-6-18(20)28-22(17)30;1-2-25-22(30)16-11-15-18(28-9-3-4-14(24)12-28)7-8-26-20(15)29-19-10-13(23)5-6-17(19)27-21(16)29;1-24-21(29)15-10-14-17(27-8-2-3-13(23)11-27)6-7-25-19(14)28-18-9-12(22)4-5-16(18)26-20(15)28;1-13-9-19(26-8-4-5-15(23)12-26)16-10-14(11-22)20-25-17-6-2-3-7-18(17)27(20)21(16)24-13;21-13-3-4-16-18(9-13)27-19(25-16)12(10-22)8-15-17(5-6-24-20(15)27)26-7-1-2-14(23)11-26/h5-8,10-11,13,15H,3-4,9,12,25H2,1-2H3,(H,27,31);5-8,10-11,14H,2-4,9,12,24H2,1H3,(H,25,30);4-7,9-10,13H,2-3,8,11,23H2,1H3,(H,24,29);2-3,6-7,9-10,15H,4-5,8,12,23H2,1H3;3-6,8-9,14H,1-2,7,11,23H2/t15-;14-;13-;15-;14-/m11111/s1. The Bertz CT molecular complexity index is 8620. The number of hydrogen-bond donors (Lipinski definition) is 8. The quantitative estimate of drug-likeness (QED) is 0.0590. The average Bonchev–Trinajstić information content (AvgIpc) is 1.57. The third kappa shape index (κ3) is 17.6. The first-order valence-corrected chi connectivity index (χ1v) is 48.8. The molecule has 0 aliphatic carbocycles. The van der Waals surface area contributed by atoms with Gasteiger partial charge in [0.25, 0.3) is 17.7 Å². The maximum atomic E-state index is 14.1. The molecule has 5 aromatic carbocycles. The SMILES string of the molecule is CC(C)NC(=O)c1cc2c(N3CCC[C@@H](N)C3)ccnc2n2c1nc1ccc(F)cc12.CCNC(=O)c1cc2c(N3CCC[C@@H](N)C3)ccnc2n2c1nc1ccc(F)cc12.CNC(=O)c1cc2c(N3CCC[C@@H](N)C3)ccnc2n2c1nc1ccc(F)cc12.Cc1cc(N2CCC[C@@H](N)C2)c2cc(C#N)c3nc4ccccc4n3c2n1.N#Cc1cc2c(N3CCC[C@@H](N)C3)ccnc2n2c1nc1ccc(F)cc12. The number of halogens is 4. The molecule has 15 aromatic heterocycles. The van der Waals surface area contributed by atoms with E-state index in [4.69, 9.17) is 33.7 Å². The van der Waals surface area contributed by atoms with E-state index < -0.39 is 0 Å². The Labute approximate surface area is 822 Å². The second kappa shape index (κ2) is 39.0. The summed E-state index contributed by atoms with van der Waals surface area (Å²) in [7, 11) is 1.58. The number of nitrogens with zero attached hydrogens (tertiary/aromatic N) is 22. The number of hydrogen-bond acceptors (Lipinski definition) is 25. The van der Waals surface area contributed by atoms with Crippen LogP contribution < -0.4 is 69.1 Å². The van der Waals surface area contributed by atoms with Crippen LogP contribution in [0.1, 0.15) is 133 Å². The Balaban J connectivity index is 0.000000106. The summed E-state index contributed by atoms with van der Waals surface area (Å²) in [5.41, 5.74) is 51.9. The lowest BCUT2D eigenvalue weighted by Gasteiger charge is -2.33. The number of aromatic nitrogens is 15. The highest BCUT2D eigenvalue weighted by Crippen LogP contribution is 2.41. The van der Waals surface area contributed by atoms with Gasteiger partial charge in [-0.25, -0.2) is 67.4 Å². The van der Waals surface area contributed by atoms with Crippen LogP contribution in [0.4, 0.5) is 46.0 Å². The molecule has 5 atom stereocenters. The van der Waals surface area contributed by atoms with Gasteiger partial charge >= 0.3 is 0 Å². The molecular weight excluding hydrogens is 1830 g/mol. The first-order valence-electron chi connectivity index (χ1n) is 48.8. The molecule has 5 saturated heterocycles. The van der Waals surface area contributed by atoms with E-state index in [0.29, 0.717) is 129 Å². The van der Waals surface area contributed by atoms with Gasteiger partial charge in [-0.2, -0.15) is 10.5 Å². The van der Waals surface area contributed by atoms with Crippen LogP contribution in [0.15, 0.2) is 183 Å². The smallest absolute Gasteiger partial charge is 0.255 e. The molecular formula is C107H106F4N30O3. The van der Waals surface area contributed by atoms with Gasteiger partial charge < -0.3 is 69.1 Å². The molecule has 144 heavy (non-hydrogen) atoms. The van der Waals surface area contributed by atoms with Gasteiger partial charge in [0.2, 0.25) is 0 Å². The van der Waals surface area contributed by atoms with Crippen LogP contribution in [-0.4, -0.2) is 205 Å². The van der Waals surface area contributed by atoms with Crippen LogP contribution in [0.5, 0.6) is 0 Å². The van der Waals surface area contributed by atoms with Crippen molar-refractivity contribution >= 4 is 185 Å². The number of para-hydroxylation sites is 2. The summed E-state index contributed by atoms with van der Waals surface area (Å²) < 4.78 is 65.2. The lowest BCUT2D eigenvalue weighted by molar-refractivity contribution is 0.0939. The number of amides is 3. The van der Waals surface area contributed by atoms with E-state index in [1.54, 1.807) is 73.7 Å². The zero-order valence-corrected chi connectivity index (χ0v) is 80.1. The number of nitriles is 2. The minimum absolute atomic E-state index is 0.0291. The number of imidazole rings is 5. The number of piperidine rings is 5. The number of rotatable bonds is 10. The zero-order valence-electron chi connectivity index (χ0n) is 80.1. The van der Waals surface area contributed by atoms with Crippen molar-refractivity contribution in [3.8, 4) is 12.1 Å². The van der Waals surface area contributed by atoms with Gasteiger partial charge in [-0.1, -0.05) is 12.1 Å². The molecule has 0 radical (unpaired) electrons. The largest absolute Gasteiger partial charge is 0.369 e. The van der Waals surface area contributed by atoms with Gasteiger partial charge in [-0.3, -0.25) is 36.4 Å². The molecule has 730 valence electrons. The van der Waals surface area contributed by atoms with Gasteiger partial charge in [0.15, 0.2) is 28.2 Å². The van der Waals surface area contributed by atoms with E-state index in [9.17, 15) is 42.5 Å². The van der Waals surface area contributed by atoms with Crippen LogP contribution in [0, 0.1) is 52.9 Å². The Morgan fingerprint density at radius 3 is 1.01 bits per heavy atom. The Morgan fingerprint density at radius 1 is 0.368 bits per heavy atom. The molecule has 0 unspecified atom stereocenters. The molecule has 33 nitrogen and oxygen atoms in total. The maximum absolute atomic E-state index is 14.1. The highest BCUT2D eigenvalue weighted by molar-refractivity contribution is 6.11. The molecule has 20 heterocycles. The normalized spacial score (nSPS) is 17.4. The molecule has 20 aromatic rings. The molecule has 5 aliphatic rings. The Kier molecular flexibility index (Phi) is 25.5. The number of carbonyl (C=O) groups excluding carboxylic acids is 3. The van der Waals surface area contributed by atoms with Crippen molar-refractivity contribution in [3.63, 3.8) is 0 Å². The predicted octanol–water partition coefficient (Wildman–Crippen LogP) is 14.7. The summed E-state index contributed by atoms with van der Waals surface area (Å²) in [4.78, 5) is 96.2. The molecule has 0 spiro atoms. The van der Waals surface area contributed by atoms with Crippen molar-refractivity contribution in [2.75, 3.05) is 104 Å². The minimum Gasteiger partial charge on any atom is -0.369 e. The topological polar surface area (TPSA) is 432 Å². The maximum Gasteiger partial charge on any atom is 0.255 e. The molecule has 0 bridgehead atoms. The molecule has 13 N–H and O–H groups in total. The van der Waals surface area contributed by atoms with Crippen LogP contribution in [-0.2, 0) is 0 Å². The highest BCUT2D eigenvalue weighted by atomic mass is 19.1. The summed E-state index contributed by atoms with van der Waals surface area (Å²) in [6.07, 6.45) is 17.2. The van der Waals surface area contributed by atoms with Gasteiger partial charge in [0.05, 0.1) is 83.0 Å². The number of fused-ring (bicyclic) bond motifs is 25. The van der Waals surface area contributed by atoms with E-state index in [-0.39, 0.29) is 77.2 Å². The summed E-state index contributed by atoms with van der Waals surface area (Å²) >= 11 is 0. The number of anilines is 5. The summed E-state index contributed by atoms with van der Waals surface area (Å²) in [6, 6.07) is 50.0. The van der Waals surface area contributed by atoms with E-state index in [1.807, 2.05) is 111 Å². The van der Waals surface area contributed by atoms with Crippen LogP contribution in [0.25, 0.3) is 139 Å². The first kappa shape index (κ1) is 94.1. The van der Waals surface area contributed by atoms with Gasteiger partial charge in [0, 0.05) is 225 Å². The van der Waals surface area contributed by atoms with Crippen LogP contribution in [0.2, 0.25) is 0 Å². The number of nitrogens with one attached hydrogen (secondary N) is 3. The molecule has 5 fully saturated rings. The number of pyridine rings is 10. The van der Waals surface area contributed by atoms with Crippen molar-refractivity contribution in [1.82, 2.24) is 87.8 Å². The van der Waals surface area contributed by atoms with E-state index in [0.717, 1.165) is 207 Å². The van der Waals surface area contributed by atoms with E-state index in [1.165, 1.54) is 48.5 Å². The van der Waals surface area contributed by atoms with Crippen molar-refractivity contribution < 1.29 is 31.9 Å². The molecule has 5 aliphatic heterocycles. The lowest BCUT2D eigenvalue weighted by Crippen LogP contribution is -2.43. The third-order valence-electron chi connectivity index (χ3n) is 27.6. The van der Waals surface area contributed by atoms with E-state index >= 15 is 0 Å². The number of nitrogens with two attached hydrogens (primary N) is 5. The fourth-order valence-electron chi connectivity index (χ4n) is 21.2. The monoisotopic (exact) mass is 1930 g/mol. The Morgan fingerprint density at radius 2 is 0.674 bits per heavy atom. The highest BCUT2D eigenvalue weighted by Gasteiger charge is 2.32. The van der Waals surface area contributed by atoms with Gasteiger partial charge in [0.1, 0.15) is 63.6 Å². The lowest BCUT2D eigenvalue weighted by atomic mass is 10.0. The third-order valence-corrected chi connectivity index (χ3v) is 27.6. The summed E-state index contributed by atoms with van der Waals surface area (Å²) in [5.74, 6) is -2.13. The fraction of sp³-hybridized carbons (Fsp3) is 0.299. The zero-order chi connectivity index (χ0) is 99.7. The molecule has 0 saturated carbocycles. The Hall–Kier alpha value is -16.2. The summed E-state index contributed by atoms with van der Waals surface area (Å²) in [5, 5.41) is 32.2. The van der Waals surface area contributed by atoms with Crippen LogP contribution in [0.3, 0.4) is 0 Å². The van der Waals surface area contributed by atoms with Crippen molar-refractivity contribution in [2.45, 2.75) is 128 Å². The number of benzene rings is 5. The summed E-state index contributed by atoms with van der Waals surface area (Å²) in [6.45, 7) is 16.6. The fourth-order valence-corrected chi connectivity index (χ4v) is 21.2. The second-order valence-electron chi connectivity index (χ2n) is 38.0. The number of aryl methyl sites for hydroxylation is 1. The van der Waals surface area contributed by atoms with Crippen molar-refractivity contribution in [3.05, 3.63) is 239 Å². The number of carbonyl (C=O) groups is 3. The van der Waals surface area contributed by atoms with Gasteiger partial charge in [-0.15, -0.1) is 0 Å². The van der Waals surface area contributed by atoms with Crippen LogP contribution >= 0.6 is 0 Å². The van der Waals surface area contributed by atoms with Gasteiger partial charge in [-0.05, 0) is 213 Å². The predicted molar refractivity (Wildman–Crippen MR) is 555 cm³/mol.